The summed E-state index contributed by atoms with van der Waals surface area (Å²) in [5.41, 5.74) is -1.05. The van der Waals surface area contributed by atoms with E-state index in [-0.39, 0.29) is 5.82 Å². The zero-order valence-electron chi connectivity index (χ0n) is 13.9. The fraction of sp³-hybridized carbons (Fsp3) is 0.250. The van der Waals surface area contributed by atoms with Crippen LogP contribution in [-0.4, -0.2) is 24.1 Å². The number of carbonyl (C=O) groups excluding carboxylic acids is 1. The summed E-state index contributed by atoms with van der Waals surface area (Å²) in [5.74, 6) is -3.85. The molecule has 27 heavy (non-hydrogen) atoms. The predicted octanol–water partition coefficient (Wildman–Crippen LogP) is 3.57. The number of carbonyl (C=O) groups is 1. The average Bonchev–Trinajstić information content (AvgIpc) is 2.53. The quantitative estimate of drug-likeness (QED) is 0.620. The molecule has 0 unspecified atom stereocenters. The Balaban J connectivity index is 2.31. The van der Waals surface area contributed by atoms with Crippen LogP contribution in [0.15, 0.2) is 41.4 Å². The van der Waals surface area contributed by atoms with E-state index in [4.69, 9.17) is 0 Å². The highest BCUT2D eigenvalue weighted by Gasteiger charge is 2.44. The van der Waals surface area contributed by atoms with Gasteiger partial charge < -0.3 is 5.32 Å². The van der Waals surface area contributed by atoms with Gasteiger partial charge in [-0.2, -0.15) is 13.2 Å². The minimum Gasteiger partial charge on any atom is -0.309 e. The molecule has 11 heteroatoms. The molecular weight excluding hydrogens is 395 g/mol. The number of aromatic nitrogens is 1. The lowest BCUT2D eigenvalue weighted by Gasteiger charge is -2.24. The van der Waals surface area contributed by atoms with Gasteiger partial charge in [0.25, 0.3) is 0 Å². The fourth-order valence-corrected chi connectivity index (χ4v) is 3.40. The molecule has 0 atom stereocenters. The summed E-state index contributed by atoms with van der Waals surface area (Å²) >= 11 is 0. The Bertz CT molecular complexity index is 971. The van der Waals surface area contributed by atoms with Crippen molar-refractivity contribution in [3.05, 3.63) is 53.7 Å². The average molecular weight is 408 g/mol. The van der Waals surface area contributed by atoms with Crippen LogP contribution in [0.5, 0.6) is 0 Å². The number of pyridine rings is 1. The second-order valence-electron chi connectivity index (χ2n) is 5.97. The lowest BCUT2D eigenvalue weighted by atomic mass is 10.2. The van der Waals surface area contributed by atoms with E-state index >= 15 is 0 Å². The molecule has 1 aromatic carbocycles. The number of hydrogen-bond acceptors (Lipinski definition) is 4. The van der Waals surface area contributed by atoms with Gasteiger partial charge in [-0.1, -0.05) is 0 Å². The smallest absolute Gasteiger partial charge is 0.309 e. The van der Waals surface area contributed by atoms with Gasteiger partial charge in [0.2, 0.25) is 5.91 Å². The SMILES string of the molecule is CC(C)(C(=O)Nc1ccc(C(F)(F)F)cn1)S(=O)(=O)c1ccc(F)cc1F. The summed E-state index contributed by atoms with van der Waals surface area (Å²) < 4.78 is 87.4. The maximum atomic E-state index is 13.9. The fourth-order valence-electron chi connectivity index (χ4n) is 1.99. The van der Waals surface area contributed by atoms with E-state index in [9.17, 15) is 35.2 Å². The van der Waals surface area contributed by atoms with Crippen LogP contribution in [0, 0.1) is 11.6 Å². The van der Waals surface area contributed by atoms with Crippen molar-refractivity contribution in [2.75, 3.05) is 5.32 Å². The highest BCUT2D eigenvalue weighted by Crippen LogP contribution is 2.30. The van der Waals surface area contributed by atoms with Gasteiger partial charge in [0.15, 0.2) is 9.84 Å². The van der Waals surface area contributed by atoms with Gasteiger partial charge in [-0.25, -0.2) is 22.2 Å². The third-order valence-electron chi connectivity index (χ3n) is 3.73. The Kier molecular flexibility index (Phi) is 5.28. The summed E-state index contributed by atoms with van der Waals surface area (Å²) in [4.78, 5) is 14.9. The van der Waals surface area contributed by atoms with Crippen molar-refractivity contribution in [1.29, 1.82) is 0 Å². The van der Waals surface area contributed by atoms with Gasteiger partial charge in [-0.05, 0) is 38.1 Å². The van der Waals surface area contributed by atoms with E-state index in [0.29, 0.717) is 24.4 Å². The number of nitrogens with zero attached hydrogens (tertiary/aromatic N) is 1. The van der Waals surface area contributed by atoms with E-state index in [1.807, 2.05) is 0 Å². The van der Waals surface area contributed by atoms with Crippen molar-refractivity contribution in [1.82, 2.24) is 4.98 Å². The van der Waals surface area contributed by atoms with Crippen molar-refractivity contribution in [3.8, 4) is 0 Å². The number of hydrogen-bond donors (Lipinski definition) is 1. The van der Waals surface area contributed by atoms with Crippen molar-refractivity contribution >= 4 is 21.6 Å². The first-order valence-electron chi connectivity index (χ1n) is 7.31. The third-order valence-corrected chi connectivity index (χ3v) is 6.17. The highest BCUT2D eigenvalue weighted by atomic mass is 32.2. The van der Waals surface area contributed by atoms with E-state index in [2.05, 4.69) is 10.3 Å². The van der Waals surface area contributed by atoms with E-state index in [0.717, 1.165) is 26.0 Å². The molecule has 0 fully saturated rings. The maximum Gasteiger partial charge on any atom is 0.417 e. The molecule has 5 nitrogen and oxygen atoms in total. The largest absolute Gasteiger partial charge is 0.417 e. The molecule has 146 valence electrons. The van der Waals surface area contributed by atoms with Gasteiger partial charge >= 0.3 is 6.18 Å². The topological polar surface area (TPSA) is 76.1 Å². The molecule has 0 spiro atoms. The number of amides is 1. The Morgan fingerprint density at radius 2 is 1.70 bits per heavy atom. The molecule has 1 N–H and O–H groups in total. The van der Waals surface area contributed by atoms with Crippen molar-refractivity contribution < 1.29 is 35.2 Å². The Morgan fingerprint density at radius 3 is 2.19 bits per heavy atom. The van der Waals surface area contributed by atoms with Crippen molar-refractivity contribution in [3.63, 3.8) is 0 Å². The summed E-state index contributed by atoms with van der Waals surface area (Å²) in [6, 6.07) is 3.27. The molecular formula is C16H13F5N2O3S. The van der Waals surface area contributed by atoms with Crippen LogP contribution >= 0.6 is 0 Å². The number of sulfone groups is 1. The number of anilines is 1. The molecule has 0 radical (unpaired) electrons. The molecule has 0 saturated carbocycles. The summed E-state index contributed by atoms with van der Waals surface area (Å²) in [7, 11) is -4.60. The standard InChI is InChI=1S/C16H13F5N2O3S/c1-15(2,27(25,26)12-5-4-10(17)7-11(12)18)14(24)23-13-6-3-9(8-22-13)16(19,20)21/h3-8H,1-2H3,(H,22,23,24). The van der Waals surface area contributed by atoms with Crippen LogP contribution in [0.3, 0.4) is 0 Å². The van der Waals surface area contributed by atoms with Gasteiger partial charge in [-0.3, -0.25) is 4.79 Å². The highest BCUT2D eigenvalue weighted by molar-refractivity contribution is 7.93. The van der Waals surface area contributed by atoms with E-state index < -0.39 is 48.8 Å². The van der Waals surface area contributed by atoms with Crippen LogP contribution in [0.25, 0.3) is 0 Å². The number of alkyl halides is 3. The Hall–Kier alpha value is -2.56. The molecule has 0 saturated heterocycles. The first kappa shape index (κ1) is 20.7. The molecule has 1 amide bonds. The van der Waals surface area contributed by atoms with Crippen LogP contribution in [0.1, 0.15) is 19.4 Å². The molecule has 0 aliphatic rings. The molecule has 0 aliphatic heterocycles. The zero-order chi connectivity index (χ0) is 20.6. The van der Waals surface area contributed by atoms with Crippen LogP contribution in [-0.2, 0) is 20.8 Å². The Labute approximate surface area is 151 Å². The van der Waals surface area contributed by atoms with Gasteiger partial charge in [0, 0.05) is 12.3 Å². The monoisotopic (exact) mass is 408 g/mol. The molecule has 0 bridgehead atoms. The number of nitrogens with one attached hydrogen (secondary N) is 1. The van der Waals surface area contributed by atoms with Crippen LogP contribution in [0.2, 0.25) is 0 Å². The maximum absolute atomic E-state index is 13.9. The van der Waals surface area contributed by atoms with E-state index in [1.165, 1.54) is 0 Å². The first-order valence-corrected chi connectivity index (χ1v) is 8.79. The van der Waals surface area contributed by atoms with Crippen LogP contribution in [0.4, 0.5) is 27.8 Å². The summed E-state index contributed by atoms with van der Waals surface area (Å²) in [6.07, 6.45) is -4.16. The lowest BCUT2D eigenvalue weighted by Crippen LogP contribution is -2.44. The van der Waals surface area contributed by atoms with E-state index in [1.54, 1.807) is 0 Å². The van der Waals surface area contributed by atoms with Gasteiger partial charge in [-0.15, -0.1) is 0 Å². The summed E-state index contributed by atoms with van der Waals surface area (Å²) in [5, 5.41) is 2.07. The number of benzene rings is 1. The summed E-state index contributed by atoms with van der Waals surface area (Å²) in [6.45, 7) is 1.95. The van der Waals surface area contributed by atoms with Gasteiger partial charge in [0.1, 0.15) is 27.1 Å². The molecule has 2 rings (SSSR count). The lowest BCUT2D eigenvalue weighted by molar-refractivity contribution is -0.137. The second kappa shape index (κ2) is 6.87. The molecule has 0 aliphatic carbocycles. The van der Waals surface area contributed by atoms with Crippen molar-refractivity contribution in [2.45, 2.75) is 29.7 Å². The van der Waals surface area contributed by atoms with Gasteiger partial charge in [0.05, 0.1) is 5.56 Å². The third kappa shape index (κ3) is 4.07. The zero-order valence-corrected chi connectivity index (χ0v) is 14.8. The molecule has 1 aromatic heterocycles. The van der Waals surface area contributed by atoms with Crippen molar-refractivity contribution in [2.24, 2.45) is 0 Å². The normalized spacial score (nSPS) is 12.7. The molecule has 1 heterocycles. The number of halogens is 5. The minimum atomic E-state index is -4.63. The molecule has 2 aromatic rings. The number of rotatable bonds is 4. The minimum absolute atomic E-state index is 0.323. The van der Waals surface area contributed by atoms with Crippen LogP contribution < -0.4 is 5.32 Å². The Morgan fingerprint density at radius 1 is 1.07 bits per heavy atom. The predicted molar refractivity (Wildman–Crippen MR) is 85.5 cm³/mol. The second-order valence-corrected chi connectivity index (χ2v) is 8.44. The first-order chi connectivity index (χ1) is 12.3.